The number of carbonyl (C=O) groups excluding carboxylic acids is 3. The molecule has 0 bridgehead atoms. The van der Waals surface area contributed by atoms with E-state index in [0.29, 0.717) is 43.1 Å². The van der Waals surface area contributed by atoms with E-state index in [0.717, 1.165) is 5.75 Å². The first kappa shape index (κ1) is 20.8. The molecule has 1 aromatic carbocycles. The molecule has 3 rings (SSSR count). The molecule has 2 aliphatic rings. The molecule has 3 amide bonds. The van der Waals surface area contributed by atoms with E-state index in [1.807, 2.05) is 11.0 Å². The molecule has 1 aromatic rings. The van der Waals surface area contributed by atoms with Gasteiger partial charge in [0.25, 0.3) is 5.91 Å². The third-order valence-corrected chi connectivity index (χ3v) is 6.93. The minimum Gasteiger partial charge on any atom is -0.465 e. The van der Waals surface area contributed by atoms with Gasteiger partial charge in [-0.1, -0.05) is 23.7 Å². The summed E-state index contributed by atoms with van der Waals surface area (Å²) in [5, 5.41) is 3.04. The third-order valence-electron chi connectivity index (χ3n) is 5.05. The van der Waals surface area contributed by atoms with Crippen LogP contribution >= 0.6 is 23.4 Å². The second kappa shape index (κ2) is 9.05. The van der Waals surface area contributed by atoms with Gasteiger partial charge >= 0.3 is 12.0 Å². The van der Waals surface area contributed by atoms with Crippen LogP contribution in [-0.4, -0.2) is 71.1 Å². The molecular formula is C19H24ClN3O4S. The summed E-state index contributed by atoms with van der Waals surface area (Å²) in [5.41, 5.74) is 0.514. The van der Waals surface area contributed by atoms with Crippen LogP contribution in [0.2, 0.25) is 5.02 Å². The van der Waals surface area contributed by atoms with Crippen LogP contribution in [0.3, 0.4) is 0 Å². The second-order valence-electron chi connectivity index (χ2n) is 6.68. The topological polar surface area (TPSA) is 79.0 Å². The minimum absolute atomic E-state index is 0.0594. The zero-order chi connectivity index (χ0) is 20.1. The van der Waals surface area contributed by atoms with Crippen molar-refractivity contribution in [1.29, 1.82) is 0 Å². The van der Waals surface area contributed by atoms with Crippen LogP contribution in [0.25, 0.3) is 0 Å². The van der Waals surface area contributed by atoms with Gasteiger partial charge in [-0.25, -0.2) is 4.79 Å². The smallest absolute Gasteiger partial charge is 0.325 e. The van der Waals surface area contributed by atoms with Crippen LogP contribution in [0.4, 0.5) is 4.79 Å². The molecule has 2 saturated heterocycles. The molecule has 1 N–H and O–H groups in total. The fraction of sp³-hybridized carbons (Fsp3) is 0.526. The Balaban J connectivity index is 1.60. The van der Waals surface area contributed by atoms with Crippen molar-refractivity contribution in [1.82, 2.24) is 15.1 Å². The standard InChI is InChI=1S/C19H24ClN3O4S/c1-2-27-16(24)13-21-18(26)22-9-7-19(8-10-22)23(11-12-28-19)17(25)14-5-3-4-6-15(14)20/h3-6H,2,7-13H2,1H3,(H,21,26). The third kappa shape index (κ3) is 4.38. The van der Waals surface area contributed by atoms with Crippen LogP contribution < -0.4 is 5.32 Å². The Morgan fingerprint density at radius 2 is 1.93 bits per heavy atom. The van der Waals surface area contributed by atoms with Gasteiger partial charge in [0.2, 0.25) is 0 Å². The number of thioether (sulfide) groups is 1. The summed E-state index contributed by atoms with van der Waals surface area (Å²) in [6.07, 6.45) is 1.36. The van der Waals surface area contributed by atoms with Gasteiger partial charge in [-0.2, -0.15) is 0 Å². The Kier molecular flexibility index (Phi) is 6.72. The molecule has 0 saturated carbocycles. The number of ether oxygens (including phenoxy) is 1. The highest BCUT2D eigenvalue weighted by molar-refractivity contribution is 8.00. The van der Waals surface area contributed by atoms with Gasteiger partial charge in [-0.15, -0.1) is 11.8 Å². The fourth-order valence-corrected chi connectivity index (χ4v) is 5.29. The lowest BCUT2D eigenvalue weighted by Gasteiger charge is -2.44. The highest BCUT2D eigenvalue weighted by Gasteiger charge is 2.47. The monoisotopic (exact) mass is 425 g/mol. The Labute approximate surface area is 173 Å². The molecule has 1 spiro atoms. The number of piperidine rings is 1. The molecule has 7 nitrogen and oxygen atoms in total. The maximum Gasteiger partial charge on any atom is 0.325 e. The molecule has 152 valence electrons. The van der Waals surface area contributed by atoms with Crippen molar-refractivity contribution in [3.63, 3.8) is 0 Å². The Morgan fingerprint density at radius 3 is 2.61 bits per heavy atom. The molecule has 0 unspecified atom stereocenters. The van der Waals surface area contributed by atoms with Crippen molar-refractivity contribution in [2.45, 2.75) is 24.6 Å². The van der Waals surface area contributed by atoms with Crippen LogP contribution in [0.1, 0.15) is 30.1 Å². The van der Waals surface area contributed by atoms with Crippen molar-refractivity contribution in [2.24, 2.45) is 0 Å². The van der Waals surface area contributed by atoms with Crippen molar-refractivity contribution in [3.05, 3.63) is 34.9 Å². The first-order valence-corrected chi connectivity index (χ1v) is 10.7. The first-order valence-electron chi connectivity index (χ1n) is 9.36. The van der Waals surface area contributed by atoms with Crippen LogP contribution in [0, 0.1) is 0 Å². The van der Waals surface area contributed by atoms with E-state index in [-0.39, 0.29) is 30.0 Å². The molecule has 2 heterocycles. The number of esters is 1. The molecule has 2 fully saturated rings. The molecule has 0 radical (unpaired) electrons. The van der Waals surface area contributed by atoms with Gasteiger partial charge in [0.15, 0.2) is 0 Å². The lowest BCUT2D eigenvalue weighted by atomic mass is 10.0. The number of halogens is 1. The average molecular weight is 426 g/mol. The molecule has 2 aliphatic heterocycles. The predicted octanol–water partition coefficient (Wildman–Crippen LogP) is 2.59. The van der Waals surface area contributed by atoms with E-state index in [9.17, 15) is 14.4 Å². The van der Waals surface area contributed by atoms with E-state index in [1.165, 1.54) is 0 Å². The summed E-state index contributed by atoms with van der Waals surface area (Å²) in [6.45, 7) is 3.58. The molecule has 0 atom stereocenters. The molecule has 28 heavy (non-hydrogen) atoms. The van der Waals surface area contributed by atoms with Gasteiger partial charge in [0.05, 0.1) is 22.1 Å². The predicted molar refractivity (Wildman–Crippen MR) is 109 cm³/mol. The van der Waals surface area contributed by atoms with Gasteiger partial charge in [-0.3, -0.25) is 9.59 Å². The maximum atomic E-state index is 13.1. The molecule has 0 aromatic heterocycles. The number of hydrogen-bond donors (Lipinski definition) is 1. The summed E-state index contributed by atoms with van der Waals surface area (Å²) in [6, 6.07) is 6.81. The zero-order valence-corrected chi connectivity index (χ0v) is 17.4. The lowest BCUT2D eigenvalue weighted by Crippen LogP contribution is -2.55. The lowest BCUT2D eigenvalue weighted by molar-refractivity contribution is -0.141. The van der Waals surface area contributed by atoms with Gasteiger partial charge in [0, 0.05) is 25.4 Å². The molecule has 0 aliphatic carbocycles. The summed E-state index contributed by atoms with van der Waals surface area (Å²) in [7, 11) is 0. The number of rotatable bonds is 4. The van der Waals surface area contributed by atoms with Crippen LogP contribution in [-0.2, 0) is 9.53 Å². The summed E-state index contributed by atoms with van der Waals surface area (Å²) in [5.74, 6) is 0.355. The number of nitrogens with zero attached hydrogens (tertiary/aromatic N) is 2. The van der Waals surface area contributed by atoms with Crippen molar-refractivity contribution in [3.8, 4) is 0 Å². The highest BCUT2D eigenvalue weighted by Crippen LogP contribution is 2.44. The van der Waals surface area contributed by atoms with E-state index in [4.69, 9.17) is 16.3 Å². The number of likely N-dealkylation sites (tertiary alicyclic amines) is 1. The normalized spacial score (nSPS) is 18.2. The quantitative estimate of drug-likeness (QED) is 0.750. The molecule has 9 heteroatoms. The summed E-state index contributed by atoms with van der Waals surface area (Å²) >= 11 is 7.99. The van der Waals surface area contributed by atoms with Crippen molar-refractivity contribution >= 4 is 41.3 Å². The second-order valence-corrected chi connectivity index (χ2v) is 8.55. The number of benzene rings is 1. The number of urea groups is 1. The van der Waals surface area contributed by atoms with Crippen molar-refractivity contribution in [2.75, 3.05) is 38.5 Å². The zero-order valence-electron chi connectivity index (χ0n) is 15.8. The Morgan fingerprint density at radius 1 is 1.21 bits per heavy atom. The number of carbonyl (C=O) groups is 3. The fourth-order valence-electron chi connectivity index (χ4n) is 3.62. The average Bonchev–Trinajstić information content (AvgIpc) is 3.10. The van der Waals surface area contributed by atoms with Gasteiger partial charge in [0.1, 0.15) is 6.54 Å². The van der Waals surface area contributed by atoms with Gasteiger partial charge < -0.3 is 19.9 Å². The number of nitrogens with one attached hydrogen (secondary N) is 1. The van der Waals surface area contributed by atoms with Crippen LogP contribution in [0.5, 0.6) is 0 Å². The molecular weight excluding hydrogens is 402 g/mol. The maximum absolute atomic E-state index is 13.1. The largest absolute Gasteiger partial charge is 0.465 e. The van der Waals surface area contributed by atoms with E-state index < -0.39 is 5.97 Å². The van der Waals surface area contributed by atoms with Gasteiger partial charge in [-0.05, 0) is 31.9 Å². The van der Waals surface area contributed by atoms with Crippen molar-refractivity contribution < 1.29 is 19.1 Å². The number of amides is 3. The number of hydrogen-bond acceptors (Lipinski definition) is 5. The van der Waals surface area contributed by atoms with E-state index in [2.05, 4.69) is 5.32 Å². The first-order chi connectivity index (χ1) is 13.5. The summed E-state index contributed by atoms with van der Waals surface area (Å²) < 4.78 is 4.82. The van der Waals surface area contributed by atoms with Crippen LogP contribution in [0.15, 0.2) is 24.3 Å². The SMILES string of the molecule is CCOC(=O)CNC(=O)N1CCC2(CC1)SCCN2C(=O)c1ccccc1Cl. The highest BCUT2D eigenvalue weighted by atomic mass is 35.5. The Bertz CT molecular complexity index is 752. The Hall–Kier alpha value is -1.93. The summed E-state index contributed by atoms with van der Waals surface area (Å²) in [4.78, 5) is 40.1. The van der Waals surface area contributed by atoms with E-state index in [1.54, 1.807) is 41.8 Å². The minimum atomic E-state index is -0.452. The van der Waals surface area contributed by atoms with E-state index >= 15 is 0 Å².